The standard InChI is InChI=1S/C12H11ClFN5/c1-2-7-16-10(11(13)17-7)5-3-4-6-9(8(5)14)18-19-12(6)15/h3-4H,2H2,1H3,(H,16,17)(H3,15,18,19). The fourth-order valence-corrected chi connectivity index (χ4v) is 2.25. The fraction of sp³-hybridized carbons (Fsp3) is 0.167. The lowest BCUT2D eigenvalue weighted by atomic mass is 10.1. The lowest BCUT2D eigenvalue weighted by Crippen LogP contribution is -1.89. The molecule has 5 nitrogen and oxygen atoms in total. The minimum Gasteiger partial charge on any atom is -0.382 e. The normalized spacial score (nSPS) is 11.3. The SMILES string of the molecule is CCc1nc(-c2ccc3c(N)n[nH]c3c2F)c(Cl)[nH]1. The van der Waals surface area contributed by atoms with Gasteiger partial charge in [0.05, 0.1) is 0 Å². The van der Waals surface area contributed by atoms with Crippen molar-refractivity contribution in [3.8, 4) is 11.3 Å². The molecule has 1 aromatic carbocycles. The number of benzene rings is 1. The van der Waals surface area contributed by atoms with E-state index in [4.69, 9.17) is 17.3 Å². The summed E-state index contributed by atoms with van der Waals surface area (Å²) in [5.74, 6) is 0.518. The van der Waals surface area contributed by atoms with Crippen LogP contribution in [0.25, 0.3) is 22.2 Å². The first kappa shape index (κ1) is 12.0. The molecule has 0 saturated carbocycles. The van der Waals surface area contributed by atoms with Crippen molar-refractivity contribution < 1.29 is 4.39 Å². The van der Waals surface area contributed by atoms with Crippen LogP contribution >= 0.6 is 11.6 Å². The minimum atomic E-state index is -0.460. The van der Waals surface area contributed by atoms with E-state index in [-0.39, 0.29) is 11.3 Å². The van der Waals surface area contributed by atoms with Gasteiger partial charge in [0.2, 0.25) is 0 Å². The van der Waals surface area contributed by atoms with Crippen LogP contribution in [0, 0.1) is 5.82 Å². The summed E-state index contributed by atoms with van der Waals surface area (Å²) in [6, 6.07) is 3.30. The van der Waals surface area contributed by atoms with Crippen molar-refractivity contribution in [1.29, 1.82) is 0 Å². The van der Waals surface area contributed by atoms with Gasteiger partial charge < -0.3 is 10.7 Å². The lowest BCUT2D eigenvalue weighted by Gasteiger charge is -2.01. The number of rotatable bonds is 2. The highest BCUT2D eigenvalue weighted by Crippen LogP contribution is 2.32. The van der Waals surface area contributed by atoms with E-state index in [2.05, 4.69) is 20.2 Å². The first-order valence-electron chi connectivity index (χ1n) is 5.78. The van der Waals surface area contributed by atoms with Gasteiger partial charge in [-0.05, 0) is 12.1 Å². The average Bonchev–Trinajstić information content (AvgIpc) is 2.95. The number of anilines is 1. The van der Waals surface area contributed by atoms with Crippen LogP contribution in [0.5, 0.6) is 0 Å². The molecule has 0 aliphatic heterocycles. The zero-order valence-electron chi connectivity index (χ0n) is 10.1. The zero-order valence-corrected chi connectivity index (χ0v) is 10.8. The number of hydrogen-bond acceptors (Lipinski definition) is 3. The van der Waals surface area contributed by atoms with Crippen LogP contribution in [0.3, 0.4) is 0 Å². The molecular weight excluding hydrogens is 269 g/mol. The van der Waals surface area contributed by atoms with Gasteiger partial charge in [-0.1, -0.05) is 18.5 Å². The topological polar surface area (TPSA) is 83.4 Å². The molecule has 0 unspecified atom stereocenters. The maximum absolute atomic E-state index is 14.4. The van der Waals surface area contributed by atoms with Gasteiger partial charge in [0.15, 0.2) is 11.6 Å². The minimum absolute atomic E-state index is 0.257. The lowest BCUT2D eigenvalue weighted by molar-refractivity contribution is 0.639. The number of imidazole rings is 1. The number of nitrogens with two attached hydrogens (primary N) is 1. The molecule has 0 fully saturated rings. The number of aromatic amines is 2. The van der Waals surface area contributed by atoms with E-state index >= 15 is 0 Å². The Morgan fingerprint density at radius 1 is 1.42 bits per heavy atom. The Bertz CT molecular complexity index is 761. The van der Waals surface area contributed by atoms with E-state index in [1.54, 1.807) is 12.1 Å². The van der Waals surface area contributed by atoms with Crippen LogP contribution in [0.1, 0.15) is 12.7 Å². The van der Waals surface area contributed by atoms with E-state index < -0.39 is 5.82 Å². The Labute approximate surface area is 113 Å². The molecule has 98 valence electrons. The third-order valence-electron chi connectivity index (χ3n) is 3.00. The number of fused-ring (bicyclic) bond motifs is 1. The molecular formula is C12H11ClFN5. The molecule has 0 aliphatic carbocycles. The Kier molecular flexibility index (Phi) is 2.67. The molecule has 0 bridgehead atoms. The highest BCUT2D eigenvalue weighted by atomic mass is 35.5. The summed E-state index contributed by atoms with van der Waals surface area (Å²) in [4.78, 5) is 7.19. The number of hydrogen-bond donors (Lipinski definition) is 3. The maximum atomic E-state index is 14.4. The Hall–Kier alpha value is -2.08. The van der Waals surface area contributed by atoms with E-state index in [0.717, 1.165) is 0 Å². The largest absolute Gasteiger partial charge is 0.382 e. The summed E-state index contributed by atoms with van der Waals surface area (Å²) in [5.41, 5.74) is 6.60. The molecule has 2 aromatic heterocycles. The number of aryl methyl sites for hydroxylation is 1. The van der Waals surface area contributed by atoms with Gasteiger partial charge in [0.25, 0.3) is 0 Å². The van der Waals surface area contributed by atoms with Crippen molar-refractivity contribution >= 4 is 28.3 Å². The van der Waals surface area contributed by atoms with Crippen LogP contribution in [-0.2, 0) is 6.42 Å². The fourth-order valence-electron chi connectivity index (χ4n) is 2.00. The van der Waals surface area contributed by atoms with Gasteiger partial charge in [-0.15, -0.1) is 0 Å². The average molecular weight is 280 g/mol. The Morgan fingerprint density at radius 2 is 2.21 bits per heavy atom. The number of nitrogens with one attached hydrogen (secondary N) is 2. The van der Waals surface area contributed by atoms with E-state index in [1.165, 1.54) is 0 Å². The molecule has 0 saturated heterocycles. The number of nitrogen functional groups attached to an aromatic ring is 1. The number of nitrogens with zero attached hydrogens (tertiary/aromatic N) is 2. The molecule has 3 aromatic rings. The van der Waals surface area contributed by atoms with Gasteiger partial charge >= 0.3 is 0 Å². The Morgan fingerprint density at radius 3 is 2.89 bits per heavy atom. The first-order valence-corrected chi connectivity index (χ1v) is 6.16. The second kappa shape index (κ2) is 4.24. The third kappa shape index (κ3) is 1.76. The van der Waals surface area contributed by atoms with Gasteiger partial charge in [0, 0.05) is 17.4 Å². The first-order chi connectivity index (χ1) is 9.11. The molecule has 2 heterocycles. The van der Waals surface area contributed by atoms with Crippen LogP contribution < -0.4 is 5.73 Å². The second-order valence-electron chi connectivity index (χ2n) is 4.16. The zero-order chi connectivity index (χ0) is 13.6. The predicted molar refractivity (Wildman–Crippen MR) is 72.4 cm³/mol. The van der Waals surface area contributed by atoms with E-state index in [9.17, 15) is 4.39 Å². The van der Waals surface area contributed by atoms with Crippen molar-refractivity contribution in [2.75, 3.05) is 5.73 Å². The molecule has 4 N–H and O–H groups in total. The highest BCUT2D eigenvalue weighted by molar-refractivity contribution is 6.32. The third-order valence-corrected chi connectivity index (χ3v) is 3.28. The summed E-state index contributed by atoms with van der Waals surface area (Å²) >= 11 is 6.05. The van der Waals surface area contributed by atoms with Crippen LogP contribution in [0.15, 0.2) is 12.1 Å². The van der Waals surface area contributed by atoms with Crippen molar-refractivity contribution in [1.82, 2.24) is 20.2 Å². The number of halogens is 2. The molecule has 0 radical (unpaired) electrons. The summed E-state index contributed by atoms with van der Waals surface area (Å²) < 4.78 is 14.4. The summed E-state index contributed by atoms with van der Waals surface area (Å²) in [7, 11) is 0. The van der Waals surface area contributed by atoms with Crippen LogP contribution in [0.2, 0.25) is 5.15 Å². The smallest absolute Gasteiger partial charge is 0.158 e. The van der Waals surface area contributed by atoms with Gasteiger partial charge in [-0.2, -0.15) is 5.10 Å². The maximum Gasteiger partial charge on any atom is 0.158 e. The molecule has 0 atom stereocenters. The quantitative estimate of drug-likeness (QED) is 0.674. The monoisotopic (exact) mass is 279 g/mol. The molecule has 3 rings (SSSR count). The van der Waals surface area contributed by atoms with Gasteiger partial charge in [-0.3, -0.25) is 5.10 Å². The van der Waals surface area contributed by atoms with E-state index in [0.29, 0.717) is 34.0 Å². The highest BCUT2D eigenvalue weighted by Gasteiger charge is 2.18. The second-order valence-corrected chi connectivity index (χ2v) is 4.54. The van der Waals surface area contributed by atoms with Gasteiger partial charge in [0.1, 0.15) is 22.2 Å². The molecule has 0 amide bonds. The van der Waals surface area contributed by atoms with Crippen LogP contribution in [-0.4, -0.2) is 20.2 Å². The molecule has 0 spiro atoms. The molecule has 0 aliphatic rings. The predicted octanol–water partition coefficient (Wildman–Crippen LogP) is 2.89. The van der Waals surface area contributed by atoms with E-state index in [1.807, 2.05) is 6.92 Å². The van der Waals surface area contributed by atoms with Crippen LogP contribution in [0.4, 0.5) is 10.2 Å². The summed E-state index contributed by atoms with van der Waals surface area (Å²) in [6.07, 6.45) is 0.695. The number of H-pyrrole nitrogens is 2. The van der Waals surface area contributed by atoms with Crippen molar-refractivity contribution in [2.45, 2.75) is 13.3 Å². The number of aromatic nitrogens is 4. The summed E-state index contributed by atoms with van der Waals surface area (Å²) in [5, 5.41) is 7.23. The van der Waals surface area contributed by atoms with Crippen molar-refractivity contribution in [3.05, 3.63) is 28.9 Å². The molecule has 19 heavy (non-hydrogen) atoms. The van der Waals surface area contributed by atoms with Crippen molar-refractivity contribution in [3.63, 3.8) is 0 Å². The van der Waals surface area contributed by atoms with Crippen molar-refractivity contribution in [2.24, 2.45) is 0 Å². The Balaban J connectivity index is 2.24. The molecule has 7 heteroatoms. The summed E-state index contributed by atoms with van der Waals surface area (Å²) in [6.45, 7) is 1.94. The van der Waals surface area contributed by atoms with Gasteiger partial charge in [-0.25, -0.2) is 9.37 Å².